The number of fused-ring (bicyclic) bond motifs is 1. The van der Waals surface area contributed by atoms with Crippen LogP contribution in [-0.2, 0) is 26.0 Å². The number of carbonyl (C=O) groups excluding carboxylic acids is 1. The van der Waals surface area contributed by atoms with Crippen LogP contribution in [0.2, 0.25) is 15.1 Å². The number of rotatable bonds is 5. The lowest BCUT2D eigenvalue weighted by atomic mass is 10.1. The molecule has 6 nitrogen and oxygen atoms in total. The van der Waals surface area contributed by atoms with Gasteiger partial charge in [-0.05, 0) is 37.3 Å². The molecule has 3 rings (SSSR count). The molecule has 1 aliphatic rings. The Bertz CT molecular complexity index is 993. The van der Waals surface area contributed by atoms with Gasteiger partial charge in [-0.1, -0.05) is 34.8 Å². The van der Waals surface area contributed by atoms with Crippen molar-refractivity contribution < 1.29 is 22.7 Å². The van der Waals surface area contributed by atoms with Crippen molar-refractivity contribution in [3.05, 3.63) is 51.0 Å². The second-order valence-corrected chi connectivity index (χ2v) is 8.51. The average molecular weight is 451 g/mol. The molecule has 2 aromatic rings. The topological polar surface area (TPSA) is 81.7 Å². The van der Waals surface area contributed by atoms with Crippen molar-refractivity contribution >= 4 is 56.5 Å². The van der Waals surface area contributed by atoms with E-state index in [1.165, 1.54) is 18.2 Å². The van der Waals surface area contributed by atoms with Gasteiger partial charge in [0, 0.05) is 22.7 Å². The van der Waals surface area contributed by atoms with Gasteiger partial charge >= 0.3 is 5.97 Å². The monoisotopic (exact) mass is 449 g/mol. The number of hydrogen-bond donors (Lipinski definition) is 1. The van der Waals surface area contributed by atoms with Crippen molar-refractivity contribution in [1.82, 2.24) is 0 Å². The van der Waals surface area contributed by atoms with Gasteiger partial charge in [-0.2, -0.15) is 0 Å². The normalized spacial score (nSPS) is 15.8. The second kappa shape index (κ2) is 7.75. The summed E-state index contributed by atoms with van der Waals surface area (Å²) in [5, 5.41) is 0.206. The number of anilines is 1. The van der Waals surface area contributed by atoms with Gasteiger partial charge in [-0.3, -0.25) is 4.72 Å². The van der Waals surface area contributed by atoms with E-state index in [-0.39, 0.29) is 33.7 Å². The molecule has 1 heterocycles. The third-order valence-corrected chi connectivity index (χ3v) is 6.43. The molecule has 1 N–H and O–H groups in total. The van der Waals surface area contributed by atoms with Crippen molar-refractivity contribution in [2.45, 2.75) is 24.3 Å². The molecular formula is C17H14Cl3NO5S. The highest BCUT2D eigenvalue weighted by molar-refractivity contribution is 7.92. The number of sulfonamides is 1. The molecule has 0 fully saturated rings. The molecule has 1 aliphatic heterocycles. The number of nitrogens with one attached hydrogen (secondary N) is 1. The molecule has 0 amide bonds. The fraction of sp³-hybridized carbons (Fsp3) is 0.235. The maximum Gasteiger partial charge on any atom is 0.347 e. The molecule has 144 valence electrons. The molecule has 0 spiro atoms. The molecule has 1 atom stereocenters. The van der Waals surface area contributed by atoms with Gasteiger partial charge in [0.2, 0.25) is 0 Å². The Morgan fingerprint density at radius 2 is 1.89 bits per heavy atom. The first kappa shape index (κ1) is 20.1. The van der Waals surface area contributed by atoms with Crippen molar-refractivity contribution in [2.75, 3.05) is 11.3 Å². The fourth-order valence-electron chi connectivity index (χ4n) is 2.59. The van der Waals surface area contributed by atoms with Crippen LogP contribution in [0.1, 0.15) is 12.5 Å². The van der Waals surface area contributed by atoms with Crippen LogP contribution in [0.4, 0.5) is 5.69 Å². The minimum Gasteiger partial charge on any atom is -0.476 e. The molecule has 10 heteroatoms. The summed E-state index contributed by atoms with van der Waals surface area (Å²) in [5.74, 6) is -0.366. The summed E-state index contributed by atoms with van der Waals surface area (Å²) >= 11 is 18.2. The Balaban J connectivity index is 1.94. The Kier molecular flexibility index (Phi) is 5.76. The van der Waals surface area contributed by atoms with Crippen LogP contribution in [0.25, 0.3) is 0 Å². The Hall–Kier alpha value is -1.67. The SMILES string of the molecule is CCOC(=O)C1Cc2cc(S(=O)(=O)Nc3ccc(Cl)cc3)c(Cl)c(Cl)c2O1. The lowest BCUT2D eigenvalue weighted by molar-refractivity contribution is -0.150. The number of benzene rings is 2. The molecule has 0 bridgehead atoms. The lowest BCUT2D eigenvalue weighted by Gasteiger charge is -2.13. The smallest absolute Gasteiger partial charge is 0.347 e. The minimum absolute atomic E-state index is 0.0718. The molecule has 0 radical (unpaired) electrons. The van der Waals surface area contributed by atoms with E-state index in [9.17, 15) is 13.2 Å². The van der Waals surface area contributed by atoms with Gasteiger partial charge in [-0.15, -0.1) is 0 Å². The highest BCUT2D eigenvalue weighted by Gasteiger charge is 2.35. The zero-order chi connectivity index (χ0) is 19.8. The predicted octanol–water partition coefficient (Wildman–Crippen LogP) is 4.31. The quantitative estimate of drug-likeness (QED) is 0.686. The van der Waals surface area contributed by atoms with Crippen molar-refractivity contribution in [1.29, 1.82) is 0 Å². The maximum atomic E-state index is 12.8. The van der Waals surface area contributed by atoms with Crippen molar-refractivity contribution in [3.8, 4) is 5.75 Å². The van der Waals surface area contributed by atoms with Gasteiger partial charge in [0.25, 0.3) is 10.0 Å². The Morgan fingerprint density at radius 3 is 2.52 bits per heavy atom. The number of carbonyl (C=O) groups is 1. The van der Waals surface area contributed by atoms with E-state index in [0.717, 1.165) is 0 Å². The Labute approximate surface area is 171 Å². The first-order chi connectivity index (χ1) is 12.7. The zero-order valence-electron chi connectivity index (χ0n) is 14.0. The number of ether oxygens (including phenoxy) is 2. The van der Waals surface area contributed by atoms with Crippen LogP contribution in [0.5, 0.6) is 5.75 Å². The van der Waals surface area contributed by atoms with E-state index in [2.05, 4.69) is 4.72 Å². The predicted molar refractivity (Wildman–Crippen MR) is 103 cm³/mol. The van der Waals surface area contributed by atoms with E-state index >= 15 is 0 Å². The lowest BCUT2D eigenvalue weighted by Crippen LogP contribution is -2.27. The zero-order valence-corrected chi connectivity index (χ0v) is 17.0. The van der Waals surface area contributed by atoms with E-state index in [0.29, 0.717) is 16.3 Å². The van der Waals surface area contributed by atoms with Crippen molar-refractivity contribution in [2.24, 2.45) is 0 Å². The van der Waals surface area contributed by atoms with E-state index in [4.69, 9.17) is 44.3 Å². The number of hydrogen-bond acceptors (Lipinski definition) is 5. The third-order valence-electron chi connectivity index (χ3n) is 3.81. The van der Waals surface area contributed by atoms with Gasteiger partial charge in [0.1, 0.15) is 15.7 Å². The summed E-state index contributed by atoms with van der Waals surface area (Å²) in [7, 11) is -4.03. The van der Waals surface area contributed by atoms with Gasteiger partial charge in [0.15, 0.2) is 6.10 Å². The van der Waals surface area contributed by atoms with Crippen LogP contribution in [0.15, 0.2) is 35.2 Å². The summed E-state index contributed by atoms with van der Waals surface area (Å²) in [4.78, 5) is 11.7. The molecule has 1 unspecified atom stereocenters. The second-order valence-electron chi connectivity index (χ2n) is 5.67. The maximum absolute atomic E-state index is 12.8. The molecule has 0 saturated heterocycles. The van der Waals surface area contributed by atoms with Gasteiger partial charge in [-0.25, -0.2) is 13.2 Å². The first-order valence-corrected chi connectivity index (χ1v) is 10.5. The van der Waals surface area contributed by atoms with Crippen LogP contribution in [-0.4, -0.2) is 27.1 Å². The van der Waals surface area contributed by atoms with E-state index in [1.807, 2.05) is 0 Å². The summed E-state index contributed by atoms with van der Waals surface area (Å²) in [6.45, 7) is 1.88. The molecule has 2 aromatic carbocycles. The van der Waals surface area contributed by atoms with E-state index < -0.39 is 22.1 Å². The largest absolute Gasteiger partial charge is 0.476 e. The highest BCUT2D eigenvalue weighted by atomic mass is 35.5. The van der Waals surface area contributed by atoms with Gasteiger partial charge < -0.3 is 9.47 Å². The summed E-state index contributed by atoms with van der Waals surface area (Å²) in [5.41, 5.74) is 0.770. The van der Waals surface area contributed by atoms with Crippen LogP contribution < -0.4 is 9.46 Å². The molecular weight excluding hydrogens is 437 g/mol. The highest BCUT2D eigenvalue weighted by Crippen LogP contribution is 2.44. The standard InChI is InChI=1S/C17H14Cl3NO5S/c1-2-25-17(22)12-7-9-8-13(14(19)15(20)16(9)26-12)27(23,24)21-11-5-3-10(18)4-6-11/h3-6,8,12,21H,2,7H2,1H3. The fourth-order valence-corrected chi connectivity index (χ4v) is 4.68. The van der Waals surface area contributed by atoms with Crippen LogP contribution in [0, 0.1) is 0 Å². The third kappa shape index (κ3) is 4.11. The Morgan fingerprint density at radius 1 is 1.22 bits per heavy atom. The van der Waals surface area contributed by atoms with E-state index in [1.54, 1.807) is 19.1 Å². The number of halogens is 3. The van der Waals surface area contributed by atoms with Gasteiger partial charge in [0.05, 0.1) is 11.6 Å². The van der Waals surface area contributed by atoms with Crippen LogP contribution in [0.3, 0.4) is 0 Å². The average Bonchev–Trinajstić information content (AvgIpc) is 3.05. The minimum atomic E-state index is -4.03. The molecule has 0 aliphatic carbocycles. The molecule has 0 saturated carbocycles. The van der Waals surface area contributed by atoms with Crippen LogP contribution >= 0.6 is 34.8 Å². The number of esters is 1. The summed E-state index contributed by atoms with van der Waals surface area (Å²) in [6.07, 6.45) is -0.759. The van der Waals surface area contributed by atoms with Crippen molar-refractivity contribution in [3.63, 3.8) is 0 Å². The molecule has 27 heavy (non-hydrogen) atoms. The molecule has 0 aromatic heterocycles. The summed E-state index contributed by atoms with van der Waals surface area (Å²) < 4.78 is 38.4. The first-order valence-electron chi connectivity index (χ1n) is 7.85. The summed E-state index contributed by atoms with van der Waals surface area (Å²) in [6, 6.07) is 7.48.